The molecule has 2 aliphatic rings. The molecule has 0 bridgehead atoms. The summed E-state index contributed by atoms with van der Waals surface area (Å²) in [6.07, 6.45) is 4.21. The molecule has 0 aromatic rings. The lowest BCUT2D eigenvalue weighted by atomic mass is 10.1. The second kappa shape index (κ2) is 4.60. The van der Waals surface area contributed by atoms with Crippen molar-refractivity contribution in [1.29, 1.82) is 0 Å². The van der Waals surface area contributed by atoms with E-state index in [9.17, 15) is 0 Å². The highest BCUT2D eigenvalue weighted by Gasteiger charge is 2.33. The van der Waals surface area contributed by atoms with E-state index in [1.165, 1.54) is 45.4 Å². The maximum Gasteiger partial charge on any atom is 0.0252 e. The van der Waals surface area contributed by atoms with E-state index in [1.54, 1.807) is 0 Å². The monoisotopic (exact) mass is 197 g/mol. The SMILES string of the molecule is CN(C)C1CCCC1N1CCNCC1. The molecule has 1 saturated heterocycles. The molecular weight excluding hydrogens is 174 g/mol. The Morgan fingerprint density at radius 3 is 2.50 bits per heavy atom. The van der Waals surface area contributed by atoms with Crippen LogP contribution in [0, 0.1) is 0 Å². The summed E-state index contributed by atoms with van der Waals surface area (Å²) in [6.45, 7) is 4.84. The van der Waals surface area contributed by atoms with E-state index in [0.29, 0.717) is 0 Å². The third kappa shape index (κ3) is 2.10. The fourth-order valence-corrected chi connectivity index (χ4v) is 2.96. The average molecular weight is 197 g/mol. The van der Waals surface area contributed by atoms with Gasteiger partial charge in [0.15, 0.2) is 0 Å². The molecule has 0 spiro atoms. The lowest BCUT2D eigenvalue weighted by Gasteiger charge is -2.38. The van der Waals surface area contributed by atoms with Crippen LogP contribution in [0.5, 0.6) is 0 Å². The second-order valence-electron chi connectivity index (χ2n) is 4.82. The van der Waals surface area contributed by atoms with Gasteiger partial charge < -0.3 is 10.2 Å². The molecule has 0 aromatic carbocycles. The van der Waals surface area contributed by atoms with Crippen LogP contribution in [0.15, 0.2) is 0 Å². The molecule has 2 fully saturated rings. The quantitative estimate of drug-likeness (QED) is 0.690. The highest BCUT2D eigenvalue weighted by atomic mass is 15.3. The van der Waals surface area contributed by atoms with Crippen LogP contribution in [0.3, 0.4) is 0 Å². The molecular formula is C11H23N3. The fourth-order valence-electron chi connectivity index (χ4n) is 2.96. The van der Waals surface area contributed by atoms with Crippen molar-refractivity contribution < 1.29 is 0 Å². The Morgan fingerprint density at radius 2 is 1.86 bits per heavy atom. The summed E-state index contributed by atoms with van der Waals surface area (Å²) in [4.78, 5) is 5.11. The first-order chi connectivity index (χ1) is 6.79. The van der Waals surface area contributed by atoms with Crippen LogP contribution in [0.25, 0.3) is 0 Å². The number of nitrogens with zero attached hydrogens (tertiary/aromatic N) is 2. The lowest BCUT2D eigenvalue weighted by molar-refractivity contribution is 0.114. The smallest absolute Gasteiger partial charge is 0.0252 e. The molecule has 3 heteroatoms. The van der Waals surface area contributed by atoms with Gasteiger partial charge in [-0.3, -0.25) is 4.90 Å². The molecule has 0 aromatic heterocycles. The van der Waals surface area contributed by atoms with Crippen LogP contribution >= 0.6 is 0 Å². The van der Waals surface area contributed by atoms with Crippen molar-refractivity contribution >= 4 is 0 Å². The first kappa shape index (κ1) is 10.4. The van der Waals surface area contributed by atoms with Gasteiger partial charge in [-0.25, -0.2) is 0 Å². The van der Waals surface area contributed by atoms with Gasteiger partial charge in [-0.05, 0) is 26.9 Å². The van der Waals surface area contributed by atoms with Gasteiger partial charge in [0, 0.05) is 38.3 Å². The Labute approximate surface area is 87.4 Å². The molecule has 1 heterocycles. The molecule has 2 atom stereocenters. The van der Waals surface area contributed by atoms with Crippen molar-refractivity contribution in [3.63, 3.8) is 0 Å². The Hall–Kier alpha value is -0.120. The third-order valence-electron chi connectivity index (χ3n) is 3.73. The standard InChI is InChI=1S/C11H23N3/c1-13(2)10-4-3-5-11(10)14-8-6-12-7-9-14/h10-12H,3-9H2,1-2H3. The van der Waals surface area contributed by atoms with Gasteiger partial charge in [-0.15, -0.1) is 0 Å². The van der Waals surface area contributed by atoms with Crippen LogP contribution in [0.4, 0.5) is 0 Å². The molecule has 1 aliphatic heterocycles. The summed E-state index contributed by atoms with van der Waals surface area (Å²) < 4.78 is 0. The van der Waals surface area contributed by atoms with Gasteiger partial charge >= 0.3 is 0 Å². The number of piperazine rings is 1. The van der Waals surface area contributed by atoms with Gasteiger partial charge in [-0.2, -0.15) is 0 Å². The summed E-state index contributed by atoms with van der Waals surface area (Å²) in [5, 5.41) is 3.43. The number of likely N-dealkylation sites (N-methyl/N-ethyl adjacent to an activating group) is 1. The molecule has 2 unspecified atom stereocenters. The Morgan fingerprint density at radius 1 is 1.14 bits per heavy atom. The fraction of sp³-hybridized carbons (Fsp3) is 1.00. The van der Waals surface area contributed by atoms with Gasteiger partial charge in [0.1, 0.15) is 0 Å². The lowest BCUT2D eigenvalue weighted by Crippen LogP contribution is -2.53. The predicted octanol–water partition coefficient (Wildman–Crippen LogP) is 0.374. The van der Waals surface area contributed by atoms with Crippen molar-refractivity contribution in [2.24, 2.45) is 0 Å². The first-order valence-corrected chi connectivity index (χ1v) is 5.90. The molecule has 3 nitrogen and oxygen atoms in total. The van der Waals surface area contributed by atoms with E-state index in [1.807, 2.05) is 0 Å². The summed E-state index contributed by atoms with van der Waals surface area (Å²) in [5.74, 6) is 0. The third-order valence-corrected chi connectivity index (χ3v) is 3.73. The zero-order valence-corrected chi connectivity index (χ0v) is 9.50. The molecule has 1 aliphatic carbocycles. The Bertz CT molecular complexity index is 175. The van der Waals surface area contributed by atoms with E-state index in [0.717, 1.165) is 12.1 Å². The number of nitrogens with one attached hydrogen (secondary N) is 1. The van der Waals surface area contributed by atoms with E-state index < -0.39 is 0 Å². The van der Waals surface area contributed by atoms with Crippen molar-refractivity contribution in [3.8, 4) is 0 Å². The summed E-state index contributed by atoms with van der Waals surface area (Å²) in [7, 11) is 4.45. The predicted molar refractivity (Wildman–Crippen MR) is 59.6 cm³/mol. The average Bonchev–Trinajstić information content (AvgIpc) is 2.67. The maximum atomic E-state index is 3.43. The summed E-state index contributed by atoms with van der Waals surface area (Å²) in [5.41, 5.74) is 0. The van der Waals surface area contributed by atoms with Gasteiger partial charge in [0.25, 0.3) is 0 Å². The Kier molecular flexibility index (Phi) is 3.42. The molecule has 2 rings (SSSR count). The number of hydrogen-bond donors (Lipinski definition) is 1. The number of hydrogen-bond acceptors (Lipinski definition) is 3. The molecule has 14 heavy (non-hydrogen) atoms. The molecule has 0 amide bonds. The summed E-state index contributed by atoms with van der Waals surface area (Å²) in [6, 6.07) is 1.63. The molecule has 82 valence electrons. The molecule has 0 radical (unpaired) electrons. The topological polar surface area (TPSA) is 18.5 Å². The molecule has 1 N–H and O–H groups in total. The van der Waals surface area contributed by atoms with Crippen molar-refractivity contribution in [2.45, 2.75) is 31.3 Å². The van der Waals surface area contributed by atoms with Gasteiger partial charge in [0.2, 0.25) is 0 Å². The van der Waals surface area contributed by atoms with Crippen LogP contribution in [-0.4, -0.2) is 62.2 Å². The van der Waals surface area contributed by atoms with Crippen LogP contribution < -0.4 is 5.32 Å². The zero-order valence-electron chi connectivity index (χ0n) is 9.50. The van der Waals surface area contributed by atoms with Crippen LogP contribution in [-0.2, 0) is 0 Å². The second-order valence-corrected chi connectivity index (χ2v) is 4.82. The van der Waals surface area contributed by atoms with E-state index in [4.69, 9.17) is 0 Å². The van der Waals surface area contributed by atoms with Crippen molar-refractivity contribution in [1.82, 2.24) is 15.1 Å². The molecule has 1 saturated carbocycles. The van der Waals surface area contributed by atoms with Crippen LogP contribution in [0.2, 0.25) is 0 Å². The van der Waals surface area contributed by atoms with E-state index >= 15 is 0 Å². The number of rotatable bonds is 2. The minimum Gasteiger partial charge on any atom is -0.314 e. The van der Waals surface area contributed by atoms with Crippen molar-refractivity contribution in [2.75, 3.05) is 40.3 Å². The van der Waals surface area contributed by atoms with Crippen LogP contribution in [0.1, 0.15) is 19.3 Å². The minimum atomic E-state index is 0.799. The van der Waals surface area contributed by atoms with Gasteiger partial charge in [-0.1, -0.05) is 6.42 Å². The Balaban J connectivity index is 1.94. The van der Waals surface area contributed by atoms with E-state index in [2.05, 4.69) is 29.2 Å². The minimum absolute atomic E-state index is 0.799. The zero-order chi connectivity index (χ0) is 9.97. The van der Waals surface area contributed by atoms with Gasteiger partial charge in [0.05, 0.1) is 0 Å². The van der Waals surface area contributed by atoms with Crippen molar-refractivity contribution in [3.05, 3.63) is 0 Å². The largest absolute Gasteiger partial charge is 0.314 e. The normalized spacial score (nSPS) is 35.4. The maximum absolute atomic E-state index is 3.43. The highest BCUT2D eigenvalue weighted by Crippen LogP contribution is 2.27. The summed E-state index contributed by atoms with van der Waals surface area (Å²) >= 11 is 0. The highest BCUT2D eigenvalue weighted by molar-refractivity contribution is 4.91. The van der Waals surface area contributed by atoms with E-state index in [-0.39, 0.29) is 0 Å². The first-order valence-electron chi connectivity index (χ1n) is 5.90.